The van der Waals surface area contributed by atoms with Gasteiger partial charge in [0.05, 0.1) is 0 Å². The normalized spacial score (nSPS) is 27.4. The Balaban J connectivity index is 2.45. The Morgan fingerprint density at radius 3 is 2.13 bits per heavy atom. The van der Waals surface area contributed by atoms with Gasteiger partial charge >= 0.3 is 0 Å². The summed E-state index contributed by atoms with van der Waals surface area (Å²) in [5.74, 6) is -3.97. The molecule has 1 fully saturated rings. The molecule has 2 nitrogen and oxygen atoms in total. The van der Waals surface area contributed by atoms with Gasteiger partial charge in [-0.05, 0) is 17.7 Å². The van der Waals surface area contributed by atoms with Crippen molar-refractivity contribution in [2.75, 3.05) is 0 Å². The minimum Gasteiger partial charge on any atom is -0.369 e. The smallest absolute Gasteiger partial charge is 0.268 e. The molecular formula is C10H8BrF2NO. The zero-order valence-corrected chi connectivity index (χ0v) is 9.22. The van der Waals surface area contributed by atoms with Gasteiger partial charge < -0.3 is 5.73 Å². The molecular weight excluding hydrogens is 268 g/mol. The minimum absolute atomic E-state index is 0.281. The minimum atomic E-state index is -3.01. The van der Waals surface area contributed by atoms with Gasteiger partial charge in [0.2, 0.25) is 5.91 Å². The zero-order valence-electron chi connectivity index (χ0n) is 7.64. The molecule has 1 unspecified atom stereocenters. The van der Waals surface area contributed by atoms with Gasteiger partial charge in [-0.3, -0.25) is 4.79 Å². The first-order valence-corrected chi connectivity index (χ1v) is 5.13. The highest BCUT2D eigenvalue weighted by Gasteiger charge is 2.76. The van der Waals surface area contributed by atoms with Crippen molar-refractivity contribution in [1.82, 2.24) is 0 Å². The monoisotopic (exact) mass is 275 g/mol. The average Bonchev–Trinajstić information content (AvgIpc) is 2.72. The van der Waals surface area contributed by atoms with E-state index in [1.165, 1.54) is 12.1 Å². The molecule has 1 aromatic rings. The Kier molecular flexibility index (Phi) is 2.12. The highest BCUT2D eigenvalue weighted by atomic mass is 79.9. The van der Waals surface area contributed by atoms with Crippen molar-refractivity contribution >= 4 is 21.8 Å². The lowest BCUT2D eigenvalue weighted by atomic mass is 9.95. The quantitative estimate of drug-likeness (QED) is 0.884. The molecule has 1 aliphatic carbocycles. The highest BCUT2D eigenvalue weighted by molar-refractivity contribution is 9.10. The van der Waals surface area contributed by atoms with Crippen LogP contribution in [0.1, 0.15) is 12.0 Å². The Bertz CT molecular complexity index is 418. The molecule has 0 heterocycles. The summed E-state index contributed by atoms with van der Waals surface area (Å²) < 4.78 is 27.1. The molecule has 1 aliphatic rings. The lowest BCUT2D eigenvalue weighted by molar-refractivity contribution is -0.122. The summed E-state index contributed by atoms with van der Waals surface area (Å²) in [6.07, 6.45) is -0.489. The van der Waals surface area contributed by atoms with Crippen LogP contribution in [0, 0.1) is 0 Å². The van der Waals surface area contributed by atoms with Crippen molar-refractivity contribution in [1.29, 1.82) is 0 Å². The van der Waals surface area contributed by atoms with Crippen LogP contribution >= 0.6 is 15.9 Å². The Hall–Kier alpha value is -0.970. The number of hydrogen-bond donors (Lipinski definition) is 1. The number of alkyl halides is 2. The summed E-state index contributed by atoms with van der Waals surface area (Å²) in [6.45, 7) is 0. The number of carbonyl (C=O) groups is 1. The van der Waals surface area contributed by atoms with Crippen molar-refractivity contribution in [3.8, 4) is 0 Å². The maximum Gasteiger partial charge on any atom is 0.268 e. The number of amides is 1. The van der Waals surface area contributed by atoms with E-state index in [-0.39, 0.29) is 5.56 Å². The van der Waals surface area contributed by atoms with Gasteiger partial charge in [-0.15, -0.1) is 0 Å². The van der Waals surface area contributed by atoms with Crippen LogP contribution < -0.4 is 5.73 Å². The van der Waals surface area contributed by atoms with Crippen LogP contribution in [-0.4, -0.2) is 11.8 Å². The third-order valence-corrected chi connectivity index (χ3v) is 3.27. The topological polar surface area (TPSA) is 43.1 Å². The van der Waals surface area contributed by atoms with E-state index >= 15 is 0 Å². The number of hydrogen-bond acceptors (Lipinski definition) is 1. The van der Waals surface area contributed by atoms with Crippen molar-refractivity contribution in [3.63, 3.8) is 0 Å². The number of rotatable bonds is 2. The number of halogens is 3. The van der Waals surface area contributed by atoms with E-state index in [1.54, 1.807) is 12.1 Å². The van der Waals surface area contributed by atoms with Crippen molar-refractivity contribution in [2.45, 2.75) is 17.8 Å². The maximum atomic E-state index is 13.2. The predicted molar refractivity (Wildman–Crippen MR) is 54.6 cm³/mol. The second kappa shape index (κ2) is 3.01. The van der Waals surface area contributed by atoms with E-state index in [9.17, 15) is 13.6 Å². The molecule has 1 aromatic carbocycles. The Labute approximate surface area is 93.6 Å². The number of nitrogens with two attached hydrogens (primary N) is 1. The summed E-state index contributed by atoms with van der Waals surface area (Å²) in [5, 5.41) is 0. The second-order valence-electron chi connectivity index (χ2n) is 3.66. The van der Waals surface area contributed by atoms with Gasteiger partial charge in [0.25, 0.3) is 5.92 Å². The van der Waals surface area contributed by atoms with Crippen LogP contribution in [-0.2, 0) is 10.2 Å². The first-order valence-electron chi connectivity index (χ1n) is 4.34. The lowest BCUT2D eigenvalue weighted by Gasteiger charge is -2.12. The van der Waals surface area contributed by atoms with E-state index in [2.05, 4.69) is 15.9 Å². The van der Waals surface area contributed by atoms with E-state index in [4.69, 9.17) is 5.73 Å². The third-order valence-electron chi connectivity index (χ3n) is 2.74. The highest BCUT2D eigenvalue weighted by Crippen LogP contribution is 2.61. The van der Waals surface area contributed by atoms with Crippen LogP contribution in [0.25, 0.3) is 0 Å². The van der Waals surface area contributed by atoms with Crippen molar-refractivity contribution in [2.24, 2.45) is 5.73 Å². The molecule has 2 rings (SSSR count). The van der Waals surface area contributed by atoms with Gasteiger partial charge in [-0.1, -0.05) is 28.1 Å². The molecule has 1 saturated carbocycles. The van der Waals surface area contributed by atoms with Crippen LogP contribution in [0.4, 0.5) is 8.78 Å². The largest absolute Gasteiger partial charge is 0.369 e. The lowest BCUT2D eigenvalue weighted by Crippen LogP contribution is -2.33. The second-order valence-corrected chi connectivity index (χ2v) is 4.57. The number of carbonyl (C=O) groups excluding carboxylic acids is 1. The molecule has 1 amide bonds. The number of benzene rings is 1. The summed E-state index contributed by atoms with van der Waals surface area (Å²) >= 11 is 3.19. The molecule has 0 spiro atoms. The first-order chi connectivity index (χ1) is 6.90. The van der Waals surface area contributed by atoms with Gasteiger partial charge in [-0.25, -0.2) is 8.78 Å². The molecule has 0 radical (unpaired) electrons. The molecule has 15 heavy (non-hydrogen) atoms. The summed E-state index contributed by atoms with van der Waals surface area (Å²) in [6, 6.07) is 6.23. The van der Waals surface area contributed by atoms with Gasteiger partial charge in [-0.2, -0.15) is 0 Å². The van der Waals surface area contributed by atoms with Crippen LogP contribution in [0.15, 0.2) is 28.7 Å². The van der Waals surface area contributed by atoms with Crippen LogP contribution in [0.3, 0.4) is 0 Å². The average molecular weight is 276 g/mol. The van der Waals surface area contributed by atoms with Crippen LogP contribution in [0.2, 0.25) is 0 Å². The Morgan fingerprint density at radius 1 is 1.33 bits per heavy atom. The number of primary amides is 1. The molecule has 2 N–H and O–H groups in total. The predicted octanol–water partition coefficient (Wildman–Crippen LogP) is 2.21. The fourth-order valence-corrected chi connectivity index (χ4v) is 2.01. The maximum absolute atomic E-state index is 13.2. The molecule has 0 aromatic heterocycles. The van der Waals surface area contributed by atoms with Gasteiger partial charge in [0, 0.05) is 10.9 Å². The van der Waals surface area contributed by atoms with E-state index in [0.29, 0.717) is 0 Å². The summed E-state index contributed by atoms with van der Waals surface area (Å²) in [4.78, 5) is 11.1. The Morgan fingerprint density at radius 2 is 1.80 bits per heavy atom. The summed E-state index contributed by atoms with van der Waals surface area (Å²) in [5.41, 5.74) is 3.54. The molecule has 0 bridgehead atoms. The fourth-order valence-electron chi connectivity index (χ4n) is 1.75. The first kappa shape index (κ1) is 10.5. The van der Waals surface area contributed by atoms with Crippen molar-refractivity contribution in [3.05, 3.63) is 34.3 Å². The van der Waals surface area contributed by atoms with E-state index in [1.807, 2.05) is 0 Å². The third kappa shape index (κ3) is 1.37. The van der Waals surface area contributed by atoms with Gasteiger partial charge in [0.1, 0.15) is 5.41 Å². The van der Waals surface area contributed by atoms with Crippen molar-refractivity contribution < 1.29 is 13.6 Å². The molecule has 0 aliphatic heterocycles. The van der Waals surface area contributed by atoms with Crippen LogP contribution in [0.5, 0.6) is 0 Å². The van der Waals surface area contributed by atoms with E-state index < -0.39 is 23.7 Å². The standard InChI is InChI=1S/C10H8BrF2NO/c11-7-3-1-6(2-4-7)9(8(14)15)5-10(9,12)13/h1-4H,5H2,(H2,14,15). The zero-order chi connectivity index (χ0) is 11.3. The molecule has 0 saturated heterocycles. The van der Waals surface area contributed by atoms with Gasteiger partial charge in [0.15, 0.2) is 0 Å². The molecule has 1 atom stereocenters. The summed E-state index contributed by atoms with van der Waals surface area (Å²) in [7, 11) is 0. The fraction of sp³-hybridized carbons (Fsp3) is 0.300. The van der Waals surface area contributed by atoms with E-state index in [0.717, 1.165) is 4.47 Å². The SMILES string of the molecule is NC(=O)C1(c2ccc(Br)cc2)CC1(F)F. The molecule has 80 valence electrons. The molecule has 5 heteroatoms.